The SMILES string of the molecule is O=C(NC1CC2COCC(C1)N2)c1c2n(c3ccccc13)CCCCC2. The molecule has 1 aromatic carbocycles. The van der Waals surface area contributed by atoms with Gasteiger partial charge in [-0.3, -0.25) is 4.79 Å². The van der Waals surface area contributed by atoms with E-state index in [9.17, 15) is 4.79 Å². The number of nitrogens with zero attached hydrogens (tertiary/aromatic N) is 1. The standard InChI is InChI=1S/C21H27N3O2/c25-21(23-14-10-15-12-26-13-16(11-14)22-15)20-17-6-3-4-7-18(17)24-9-5-1-2-8-19(20)24/h3-4,6-7,14-16,22H,1-2,5,8-13H2,(H,23,25). The van der Waals surface area contributed by atoms with Gasteiger partial charge in [0.2, 0.25) is 0 Å². The van der Waals surface area contributed by atoms with Crippen molar-refractivity contribution in [2.24, 2.45) is 0 Å². The first kappa shape index (κ1) is 16.3. The minimum atomic E-state index is 0.114. The number of hydrogen-bond donors (Lipinski definition) is 2. The summed E-state index contributed by atoms with van der Waals surface area (Å²) in [6, 6.07) is 9.38. The number of carbonyl (C=O) groups excluding carboxylic acids is 1. The van der Waals surface area contributed by atoms with Crippen LogP contribution in [0.25, 0.3) is 10.9 Å². The maximum absolute atomic E-state index is 13.3. The van der Waals surface area contributed by atoms with Gasteiger partial charge in [-0.2, -0.15) is 0 Å². The van der Waals surface area contributed by atoms with Crippen molar-refractivity contribution in [3.05, 3.63) is 35.5 Å². The zero-order chi connectivity index (χ0) is 17.5. The van der Waals surface area contributed by atoms with E-state index in [1.54, 1.807) is 0 Å². The minimum absolute atomic E-state index is 0.114. The smallest absolute Gasteiger partial charge is 0.253 e. The highest BCUT2D eigenvalue weighted by atomic mass is 16.5. The van der Waals surface area contributed by atoms with Gasteiger partial charge in [-0.1, -0.05) is 24.6 Å². The molecule has 26 heavy (non-hydrogen) atoms. The highest BCUT2D eigenvalue weighted by Gasteiger charge is 2.33. The van der Waals surface area contributed by atoms with Gasteiger partial charge in [0.05, 0.1) is 18.8 Å². The molecule has 4 heterocycles. The van der Waals surface area contributed by atoms with Crippen LogP contribution in [0, 0.1) is 0 Å². The number of aromatic nitrogens is 1. The van der Waals surface area contributed by atoms with E-state index in [1.807, 2.05) is 6.07 Å². The van der Waals surface area contributed by atoms with Gasteiger partial charge in [0, 0.05) is 41.3 Å². The second-order valence-electron chi connectivity index (χ2n) is 8.04. The molecule has 1 aromatic heterocycles. The van der Waals surface area contributed by atoms with E-state index < -0.39 is 0 Å². The first-order valence-corrected chi connectivity index (χ1v) is 10.0. The summed E-state index contributed by atoms with van der Waals surface area (Å²) in [5.74, 6) is 0.114. The summed E-state index contributed by atoms with van der Waals surface area (Å²) >= 11 is 0. The van der Waals surface area contributed by atoms with E-state index in [4.69, 9.17) is 4.74 Å². The summed E-state index contributed by atoms with van der Waals surface area (Å²) in [7, 11) is 0. The van der Waals surface area contributed by atoms with Crippen molar-refractivity contribution in [3.63, 3.8) is 0 Å². The number of nitrogens with one attached hydrogen (secondary N) is 2. The van der Waals surface area contributed by atoms with E-state index in [0.717, 1.165) is 50.0 Å². The van der Waals surface area contributed by atoms with Gasteiger partial charge in [-0.25, -0.2) is 0 Å². The van der Waals surface area contributed by atoms with Crippen molar-refractivity contribution in [1.29, 1.82) is 0 Å². The Hall–Kier alpha value is -1.85. The van der Waals surface area contributed by atoms with Crippen molar-refractivity contribution in [1.82, 2.24) is 15.2 Å². The zero-order valence-corrected chi connectivity index (χ0v) is 15.2. The van der Waals surface area contributed by atoms with E-state index in [0.29, 0.717) is 12.1 Å². The molecule has 2 N–H and O–H groups in total. The summed E-state index contributed by atoms with van der Waals surface area (Å²) in [5.41, 5.74) is 3.37. The lowest BCUT2D eigenvalue weighted by Crippen LogP contribution is -2.58. The number of hydrogen-bond acceptors (Lipinski definition) is 3. The van der Waals surface area contributed by atoms with Crippen LogP contribution in [-0.4, -0.2) is 41.8 Å². The third-order valence-corrected chi connectivity index (χ3v) is 6.18. The normalized spacial score (nSPS) is 28.4. The van der Waals surface area contributed by atoms with Crippen LogP contribution in [0.3, 0.4) is 0 Å². The Labute approximate surface area is 154 Å². The maximum atomic E-state index is 13.3. The molecule has 0 saturated carbocycles. The summed E-state index contributed by atoms with van der Waals surface area (Å²) in [6.07, 6.45) is 6.53. The molecule has 5 heteroatoms. The molecule has 2 atom stereocenters. The quantitative estimate of drug-likeness (QED) is 0.873. The van der Waals surface area contributed by atoms with Gasteiger partial charge < -0.3 is 19.9 Å². The monoisotopic (exact) mass is 353 g/mol. The van der Waals surface area contributed by atoms with Crippen LogP contribution in [0.5, 0.6) is 0 Å². The van der Waals surface area contributed by atoms with Crippen molar-refractivity contribution < 1.29 is 9.53 Å². The van der Waals surface area contributed by atoms with Crippen LogP contribution in [-0.2, 0) is 17.7 Å². The summed E-state index contributed by atoms with van der Waals surface area (Å²) in [5, 5.41) is 8.07. The molecular weight excluding hydrogens is 326 g/mol. The van der Waals surface area contributed by atoms with E-state index >= 15 is 0 Å². The van der Waals surface area contributed by atoms with Crippen LogP contribution < -0.4 is 10.6 Å². The van der Waals surface area contributed by atoms with Gasteiger partial charge in [-0.05, 0) is 38.2 Å². The Balaban J connectivity index is 1.46. The Morgan fingerprint density at radius 2 is 1.92 bits per heavy atom. The first-order chi connectivity index (χ1) is 12.8. The number of benzene rings is 1. The van der Waals surface area contributed by atoms with Gasteiger partial charge >= 0.3 is 0 Å². The highest BCUT2D eigenvalue weighted by molar-refractivity contribution is 6.08. The van der Waals surface area contributed by atoms with E-state index in [1.165, 1.54) is 30.5 Å². The van der Waals surface area contributed by atoms with Crippen molar-refractivity contribution in [3.8, 4) is 0 Å². The molecule has 2 saturated heterocycles. The van der Waals surface area contributed by atoms with Crippen LogP contribution in [0.1, 0.15) is 48.2 Å². The summed E-state index contributed by atoms with van der Waals surface area (Å²) in [6.45, 7) is 2.54. The number of carbonyl (C=O) groups is 1. The maximum Gasteiger partial charge on any atom is 0.253 e. The molecule has 0 spiro atoms. The van der Waals surface area contributed by atoms with Crippen LogP contribution >= 0.6 is 0 Å². The van der Waals surface area contributed by atoms with Crippen molar-refractivity contribution >= 4 is 16.8 Å². The van der Waals surface area contributed by atoms with Crippen LogP contribution in [0.4, 0.5) is 0 Å². The summed E-state index contributed by atoms with van der Waals surface area (Å²) < 4.78 is 8.02. The topological polar surface area (TPSA) is 55.3 Å². The van der Waals surface area contributed by atoms with Crippen molar-refractivity contribution in [2.45, 2.75) is 63.2 Å². The number of morpholine rings is 1. The third kappa shape index (κ3) is 2.83. The van der Waals surface area contributed by atoms with E-state index in [-0.39, 0.29) is 11.9 Å². The Morgan fingerprint density at radius 3 is 2.77 bits per heavy atom. The molecule has 3 aliphatic rings. The van der Waals surface area contributed by atoms with Crippen molar-refractivity contribution in [2.75, 3.05) is 13.2 Å². The Kier molecular flexibility index (Phi) is 4.21. The highest BCUT2D eigenvalue weighted by Crippen LogP contribution is 2.30. The predicted molar refractivity (Wildman–Crippen MR) is 102 cm³/mol. The second-order valence-corrected chi connectivity index (χ2v) is 8.04. The first-order valence-electron chi connectivity index (χ1n) is 10.0. The number of amides is 1. The molecule has 0 aliphatic carbocycles. The Morgan fingerprint density at radius 1 is 1.12 bits per heavy atom. The number of aryl methyl sites for hydroxylation is 1. The number of para-hydroxylation sites is 1. The fourth-order valence-corrected chi connectivity index (χ4v) is 5.08. The lowest BCUT2D eigenvalue weighted by Gasteiger charge is -2.40. The molecule has 2 bridgehead atoms. The number of rotatable bonds is 2. The molecule has 3 aliphatic heterocycles. The number of fused-ring (bicyclic) bond motifs is 5. The Bertz CT molecular complexity index is 816. The summed E-state index contributed by atoms with van der Waals surface area (Å²) in [4.78, 5) is 13.3. The zero-order valence-electron chi connectivity index (χ0n) is 15.2. The fourth-order valence-electron chi connectivity index (χ4n) is 5.08. The molecular formula is C21H27N3O2. The third-order valence-electron chi connectivity index (χ3n) is 6.18. The number of ether oxygens (including phenoxy) is 1. The van der Waals surface area contributed by atoms with Gasteiger partial charge in [-0.15, -0.1) is 0 Å². The largest absolute Gasteiger partial charge is 0.378 e. The average molecular weight is 353 g/mol. The van der Waals surface area contributed by atoms with Gasteiger partial charge in [0.15, 0.2) is 0 Å². The number of piperidine rings is 1. The molecule has 138 valence electrons. The average Bonchev–Trinajstić information content (AvgIpc) is 2.77. The second kappa shape index (κ2) is 6.71. The minimum Gasteiger partial charge on any atom is -0.378 e. The van der Waals surface area contributed by atoms with Gasteiger partial charge in [0.25, 0.3) is 5.91 Å². The lowest BCUT2D eigenvalue weighted by atomic mass is 9.92. The van der Waals surface area contributed by atoms with Crippen LogP contribution in [0.2, 0.25) is 0 Å². The molecule has 5 nitrogen and oxygen atoms in total. The molecule has 2 aromatic rings. The molecule has 0 radical (unpaired) electrons. The molecule has 1 amide bonds. The van der Waals surface area contributed by atoms with Crippen LogP contribution in [0.15, 0.2) is 24.3 Å². The molecule has 2 unspecified atom stereocenters. The lowest BCUT2D eigenvalue weighted by molar-refractivity contribution is 0.0148. The predicted octanol–water partition coefficient (Wildman–Crippen LogP) is 2.62. The fraction of sp³-hybridized carbons (Fsp3) is 0.571. The molecule has 2 fully saturated rings. The van der Waals surface area contributed by atoms with Gasteiger partial charge in [0.1, 0.15) is 0 Å². The van der Waals surface area contributed by atoms with E-state index in [2.05, 4.69) is 33.4 Å². The molecule has 5 rings (SSSR count).